The summed E-state index contributed by atoms with van der Waals surface area (Å²) in [4.78, 5) is 12.6. The van der Waals surface area contributed by atoms with E-state index in [0.717, 1.165) is 24.0 Å². The Morgan fingerprint density at radius 1 is 1.08 bits per heavy atom. The zero-order valence-electron chi connectivity index (χ0n) is 14.5. The predicted molar refractivity (Wildman–Crippen MR) is 98.8 cm³/mol. The SMILES string of the molecule is Cc1ccc([C@H](NC(=O)C[C@H]2C=CCC2)c2ccccc2)cc1C. The van der Waals surface area contributed by atoms with Crippen LogP contribution in [0, 0.1) is 19.8 Å². The minimum atomic E-state index is -0.0941. The fourth-order valence-electron chi connectivity index (χ4n) is 3.27. The quantitative estimate of drug-likeness (QED) is 0.783. The van der Waals surface area contributed by atoms with Crippen molar-refractivity contribution in [1.82, 2.24) is 5.32 Å². The number of amides is 1. The molecule has 0 heterocycles. The Labute approximate surface area is 144 Å². The molecule has 0 saturated heterocycles. The lowest BCUT2D eigenvalue weighted by molar-refractivity contribution is -0.122. The van der Waals surface area contributed by atoms with E-state index in [-0.39, 0.29) is 11.9 Å². The van der Waals surface area contributed by atoms with Crippen molar-refractivity contribution in [2.75, 3.05) is 0 Å². The predicted octanol–water partition coefficient (Wildman–Crippen LogP) is 4.87. The highest BCUT2D eigenvalue weighted by Crippen LogP contribution is 2.26. The summed E-state index contributed by atoms with van der Waals surface area (Å²) in [5.74, 6) is 0.514. The molecule has 0 bridgehead atoms. The smallest absolute Gasteiger partial charge is 0.221 e. The van der Waals surface area contributed by atoms with Gasteiger partial charge in [0.15, 0.2) is 0 Å². The van der Waals surface area contributed by atoms with Crippen molar-refractivity contribution in [3.8, 4) is 0 Å². The van der Waals surface area contributed by atoms with E-state index < -0.39 is 0 Å². The molecule has 1 aliphatic rings. The molecule has 3 rings (SSSR count). The van der Waals surface area contributed by atoms with Gasteiger partial charge in [0.05, 0.1) is 6.04 Å². The lowest BCUT2D eigenvalue weighted by atomic mass is 9.95. The van der Waals surface area contributed by atoms with E-state index in [9.17, 15) is 4.79 Å². The molecule has 1 N–H and O–H groups in total. The third-order valence-corrected chi connectivity index (χ3v) is 4.86. The van der Waals surface area contributed by atoms with Gasteiger partial charge in [0.2, 0.25) is 5.91 Å². The van der Waals surface area contributed by atoms with Crippen LogP contribution < -0.4 is 5.32 Å². The number of nitrogens with one attached hydrogen (secondary N) is 1. The zero-order chi connectivity index (χ0) is 16.9. The van der Waals surface area contributed by atoms with Crippen LogP contribution in [0.25, 0.3) is 0 Å². The van der Waals surface area contributed by atoms with Crippen LogP contribution in [0.15, 0.2) is 60.7 Å². The van der Waals surface area contributed by atoms with E-state index in [1.807, 2.05) is 18.2 Å². The van der Waals surface area contributed by atoms with Gasteiger partial charge in [0.1, 0.15) is 0 Å². The molecule has 2 atom stereocenters. The van der Waals surface area contributed by atoms with E-state index >= 15 is 0 Å². The second-order valence-corrected chi connectivity index (χ2v) is 6.72. The van der Waals surface area contributed by atoms with Crippen LogP contribution in [-0.4, -0.2) is 5.91 Å². The molecule has 0 saturated carbocycles. The topological polar surface area (TPSA) is 29.1 Å². The molecule has 2 nitrogen and oxygen atoms in total. The fourth-order valence-corrected chi connectivity index (χ4v) is 3.27. The maximum atomic E-state index is 12.6. The molecule has 124 valence electrons. The molecule has 0 fully saturated rings. The van der Waals surface area contributed by atoms with Gasteiger partial charge in [0.25, 0.3) is 0 Å². The number of benzene rings is 2. The van der Waals surface area contributed by atoms with Crippen molar-refractivity contribution in [2.24, 2.45) is 5.92 Å². The molecular formula is C22H25NO. The van der Waals surface area contributed by atoms with Gasteiger partial charge in [-0.2, -0.15) is 0 Å². The average molecular weight is 319 g/mol. The van der Waals surface area contributed by atoms with Gasteiger partial charge < -0.3 is 5.32 Å². The van der Waals surface area contributed by atoms with Gasteiger partial charge in [-0.25, -0.2) is 0 Å². The van der Waals surface area contributed by atoms with Gasteiger partial charge >= 0.3 is 0 Å². The number of carbonyl (C=O) groups is 1. The maximum absolute atomic E-state index is 12.6. The molecule has 24 heavy (non-hydrogen) atoms. The Morgan fingerprint density at radius 3 is 2.54 bits per heavy atom. The standard InChI is InChI=1S/C22H25NO/c1-16-12-13-20(14-17(16)2)22(19-10-4-3-5-11-19)23-21(24)15-18-8-6-7-9-18/h3-6,8,10-14,18,22H,7,9,15H2,1-2H3,(H,23,24)/t18-,22+/m0/s1. The van der Waals surface area contributed by atoms with Crippen molar-refractivity contribution in [3.63, 3.8) is 0 Å². The van der Waals surface area contributed by atoms with Gasteiger partial charge in [-0.15, -0.1) is 0 Å². The highest BCUT2D eigenvalue weighted by molar-refractivity contribution is 5.77. The van der Waals surface area contributed by atoms with E-state index in [1.54, 1.807) is 0 Å². The summed E-state index contributed by atoms with van der Waals surface area (Å²) in [6.07, 6.45) is 7.11. The molecule has 0 aliphatic heterocycles. The van der Waals surface area contributed by atoms with Gasteiger partial charge in [-0.1, -0.05) is 60.7 Å². The molecule has 0 aromatic heterocycles. The van der Waals surface area contributed by atoms with Crippen LogP contribution in [0.3, 0.4) is 0 Å². The molecule has 1 aliphatic carbocycles. The van der Waals surface area contributed by atoms with Crippen LogP contribution in [0.5, 0.6) is 0 Å². The number of aryl methyl sites for hydroxylation is 2. The second kappa shape index (κ2) is 7.48. The van der Waals surface area contributed by atoms with Crippen LogP contribution in [0.1, 0.15) is 47.6 Å². The third-order valence-electron chi connectivity index (χ3n) is 4.86. The summed E-state index contributed by atoms with van der Waals surface area (Å²) in [5, 5.41) is 3.25. The van der Waals surface area contributed by atoms with Crippen LogP contribution in [-0.2, 0) is 4.79 Å². The summed E-state index contributed by atoms with van der Waals surface area (Å²) in [6, 6.07) is 16.6. The first kappa shape index (κ1) is 16.5. The van der Waals surface area contributed by atoms with Crippen LogP contribution in [0.2, 0.25) is 0 Å². The van der Waals surface area contributed by atoms with Crippen LogP contribution in [0.4, 0.5) is 0 Å². The van der Waals surface area contributed by atoms with Gasteiger partial charge in [0, 0.05) is 6.42 Å². The highest BCUT2D eigenvalue weighted by Gasteiger charge is 2.20. The Bertz CT molecular complexity index is 733. The van der Waals surface area contributed by atoms with Gasteiger partial charge in [-0.3, -0.25) is 4.79 Å². The second-order valence-electron chi connectivity index (χ2n) is 6.72. The summed E-state index contributed by atoms with van der Waals surface area (Å²) in [6.45, 7) is 4.23. The minimum absolute atomic E-state index is 0.0941. The summed E-state index contributed by atoms with van der Waals surface area (Å²) in [7, 11) is 0. The van der Waals surface area contributed by atoms with Crippen molar-refractivity contribution in [1.29, 1.82) is 0 Å². The van der Waals surface area contributed by atoms with Gasteiger partial charge in [-0.05, 0) is 54.9 Å². The van der Waals surface area contributed by atoms with Crippen molar-refractivity contribution in [3.05, 3.63) is 82.9 Å². The number of hydrogen-bond donors (Lipinski definition) is 1. The highest BCUT2D eigenvalue weighted by atomic mass is 16.1. The Morgan fingerprint density at radius 2 is 1.88 bits per heavy atom. The van der Waals surface area contributed by atoms with Crippen molar-refractivity contribution < 1.29 is 4.79 Å². The Hall–Kier alpha value is -2.35. The first-order valence-electron chi connectivity index (χ1n) is 8.71. The normalized spacial score (nSPS) is 17.7. The summed E-state index contributed by atoms with van der Waals surface area (Å²) >= 11 is 0. The van der Waals surface area contributed by atoms with E-state index in [2.05, 4.69) is 61.6 Å². The molecule has 2 aromatic rings. The molecule has 0 radical (unpaired) electrons. The number of rotatable bonds is 5. The lowest BCUT2D eigenvalue weighted by Crippen LogP contribution is -2.30. The molecule has 0 spiro atoms. The van der Waals surface area contributed by atoms with Crippen molar-refractivity contribution in [2.45, 2.75) is 39.2 Å². The monoisotopic (exact) mass is 319 g/mol. The first-order valence-corrected chi connectivity index (χ1v) is 8.71. The zero-order valence-corrected chi connectivity index (χ0v) is 14.5. The van der Waals surface area contributed by atoms with E-state index in [4.69, 9.17) is 0 Å². The van der Waals surface area contributed by atoms with Crippen LogP contribution >= 0.6 is 0 Å². The van der Waals surface area contributed by atoms with Crippen molar-refractivity contribution >= 4 is 5.91 Å². The number of carbonyl (C=O) groups excluding carboxylic acids is 1. The number of allylic oxidation sites excluding steroid dienone is 2. The van der Waals surface area contributed by atoms with E-state index in [1.165, 1.54) is 11.1 Å². The average Bonchev–Trinajstić information content (AvgIpc) is 3.09. The molecule has 1 amide bonds. The van der Waals surface area contributed by atoms with E-state index in [0.29, 0.717) is 12.3 Å². The lowest BCUT2D eigenvalue weighted by Gasteiger charge is -2.21. The molecule has 0 unspecified atom stereocenters. The number of hydrogen-bond acceptors (Lipinski definition) is 1. The largest absolute Gasteiger partial charge is 0.345 e. The molecule has 2 heteroatoms. The summed E-state index contributed by atoms with van der Waals surface area (Å²) in [5.41, 5.74) is 4.78. The third kappa shape index (κ3) is 3.94. The Kier molecular flexibility index (Phi) is 5.14. The fraction of sp³-hybridized carbons (Fsp3) is 0.318. The molecule has 2 aromatic carbocycles. The maximum Gasteiger partial charge on any atom is 0.221 e. The Balaban J connectivity index is 1.83. The summed E-state index contributed by atoms with van der Waals surface area (Å²) < 4.78 is 0. The minimum Gasteiger partial charge on any atom is -0.345 e. The first-order chi connectivity index (χ1) is 11.6. The molecular weight excluding hydrogens is 294 g/mol.